The van der Waals surface area contributed by atoms with Gasteiger partial charge in [0.15, 0.2) is 0 Å². The number of nitrogens with zero attached hydrogens (tertiary/aromatic N) is 2. The van der Waals surface area contributed by atoms with E-state index >= 15 is 0 Å². The molecule has 0 spiro atoms. The molecule has 1 atom stereocenters. The maximum absolute atomic E-state index is 9.16. The van der Waals surface area contributed by atoms with Crippen molar-refractivity contribution in [1.82, 2.24) is 4.98 Å². The van der Waals surface area contributed by atoms with Crippen molar-refractivity contribution in [2.24, 2.45) is 5.92 Å². The van der Waals surface area contributed by atoms with Gasteiger partial charge in [-0.1, -0.05) is 0 Å². The molecule has 1 saturated heterocycles. The van der Waals surface area contributed by atoms with Crippen LogP contribution >= 0.6 is 0 Å². The summed E-state index contributed by atoms with van der Waals surface area (Å²) in [5, 5.41) is 9.16. The summed E-state index contributed by atoms with van der Waals surface area (Å²) in [6.45, 7) is 4.38. The molecule has 82 valence electrons. The van der Waals surface area contributed by atoms with E-state index in [0.29, 0.717) is 12.5 Å². The van der Waals surface area contributed by atoms with Gasteiger partial charge in [-0.05, 0) is 43.4 Å². The maximum Gasteiger partial charge on any atom is 0.128 e. The van der Waals surface area contributed by atoms with Gasteiger partial charge in [0.05, 0.1) is 0 Å². The van der Waals surface area contributed by atoms with Crippen LogP contribution in [0.25, 0.3) is 0 Å². The number of aromatic nitrogens is 1. The van der Waals surface area contributed by atoms with Crippen LogP contribution in [0.15, 0.2) is 18.3 Å². The third-order valence-corrected chi connectivity index (χ3v) is 3.00. The Morgan fingerprint density at radius 2 is 2.47 bits per heavy atom. The highest BCUT2D eigenvalue weighted by Crippen LogP contribution is 2.21. The molecule has 1 aliphatic heterocycles. The Morgan fingerprint density at radius 1 is 1.60 bits per heavy atom. The molecule has 0 aliphatic carbocycles. The molecule has 1 aromatic heterocycles. The third-order valence-electron chi connectivity index (χ3n) is 3.00. The van der Waals surface area contributed by atoms with Crippen LogP contribution in [-0.2, 0) is 0 Å². The Hall–Kier alpha value is -1.09. The minimum absolute atomic E-state index is 0.294. The predicted octanol–water partition coefficient (Wildman–Crippen LogP) is 1.60. The first-order valence-electron chi connectivity index (χ1n) is 5.58. The van der Waals surface area contributed by atoms with Crippen molar-refractivity contribution in [2.75, 3.05) is 24.6 Å². The number of hydrogen-bond donors (Lipinski definition) is 1. The lowest BCUT2D eigenvalue weighted by atomic mass is 9.99. The standard InChI is InChI=1S/C12H18N2O/c1-10-4-5-13-12(7-10)14-6-2-3-11(8-14)9-15/h4-5,7,11,15H,2-3,6,8-9H2,1H3/t11-/m1/s1. The first-order chi connectivity index (χ1) is 7.29. The van der Waals surface area contributed by atoms with Gasteiger partial charge in [-0.15, -0.1) is 0 Å². The normalized spacial score (nSPS) is 21.7. The van der Waals surface area contributed by atoms with Crippen LogP contribution in [0.4, 0.5) is 5.82 Å². The lowest BCUT2D eigenvalue weighted by Crippen LogP contribution is -2.37. The number of piperidine rings is 1. The topological polar surface area (TPSA) is 36.4 Å². The summed E-state index contributed by atoms with van der Waals surface area (Å²) in [6, 6.07) is 4.12. The Kier molecular flexibility index (Phi) is 3.21. The largest absolute Gasteiger partial charge is 0.396 e. The summed E-state index contributed by atoms with van der Waals surface area (Å²) < 4.78 is 0. The van der Waals surface area contributed by atoms with Gasteiger partial charge in [-0.3, -0.25) is 0 Å². The Morgan fingerprint density at radius 3 is 3.20 bits per heavy atom. The lowest BCUT2D eigenvalue weighted by Gasteiger charge is -2.32. The van der Waals surface area contributed by atoms with E-state index in [4.69, 9.17) is 5.11 Å². The van der Waals surface area contributed by atoms with Crippen molar-refractivity contribution >= 4 is 5.82 Å². The average Bonchev–Trinajstić information content (AvgIpc) is 2.29. The van der Waals surface area contributed by atoms with Crippen molar-refractivity contribution in [1.29, 1.82) is 0 Å². The molecule has 0 unspecified atom stereocenters. The lowest BCUT2D eigenvalue weighted by molar-refractivity contribution is 0.208. The third kappa shape index (κ3) is 2.48. The zero-order valence-electron chi connectivity index (χ0n) is 9.19. The fourth-order valence-corrected chi connectivity index (χ4v) is 2.12. The van der Waals surface area contributed by atoms with Crippen molar-refractivity contribution in [3.05, 3.63) is 23.9 Å². The zero-order chi connectivity index (χ0) is 10.7. The molecular formula is C12H18N2O. The van der Waals surface area contributed by atoms with Crippen LogP contribution in [0, 0.1) is 12.8 Å². The highest BCUT2D eigenvalue weighted by Gasteiger charge is 2.19. The number of aliphatic hydroxyl groups is 1. The number of aliphatic hydroxyl groups excluding tert-OH is 1. The number of anilines is 1. The molecule has 1 fully saturated rings. The van der Waals surface area contributed by atoms with Crippen LogP contribution in [0.1, 0.15) is 18.4 Å². The Labute approximate surface area is 90.8 Å². The number of pyridine rings is 1. The summed E-state index contributed by atoms with van der Waals surface area (Å²) in [5.41, 5.74) is 1.24. The van der Waals surface area contributed by atoms with E-state index in [9.17, 15) is 0 Å². The first-order valence-corrected chi connectivity index (χ1v) is 5.58. The molecule has 0 bridgehead atoms. The Balaban J connectivity index is 2.09. The van der Waals surface area contributed by atoms with Crippen LogP contribution in [0.3, 0.4) is 0 Å². The first kappa shape index (κ1) is 10.4. The monoisotopic (exact) mass is 206 g/mol. The highest BCUT2D eigenvalue weighted by atomic mass is 16.3. The number of hydrogen-bond acceptors (Lipinski definition) is 3. The second kappa shape index (κ2) is 4.62. The van der Waals surface area contributed by atoms with E-state index in [1.807, 2.05) is 12.3 Å². The van der Waals surface area contributed by atoms with E-state index < -0.39 is 0 Å². The summed E-state index contributed by atoms with van der Waals surface area (Å²) >= 11 is 0. The van der Waals surface area contributed by atoms with Gasteiger partial charge in [0.2, 0.25) is 0 Å². The zero-order valence-corrected chi connectivity index (χ0v) is 9.19. The van der Waals surface area contributed by atoms with E-state index in [0.717, 1.165) is 31.7 Å². The van der Waals surface area contributed by atoms with Gasteiger partial charge < -0.3 is 10.0 Å². The van der Waals surface area contributed by atoms with Crippen LogP contribution < -0.4 is 4.90 Å². The molecule has 1 aliphatic rings. The molecule has 0 aromatic carbocycles. The molecule has 0 amide bonds. The van der Waals surface area contributed by atoms with Crippen LogP contribution in [0.2, 0.25) is 0 Å². The molecule has 3 nitrogen and oxygen atoms in total. The van der Waals surface area contributed by atoms with Gasteiger partial charge in [-0.2, -0.15) is 0 Å². The molecule has 0 saturated carbocycles. The number of rotatable bonds is 2. The predicted molar refractivity (Wildman–Crippen MR) is 61.0 cm³/mol. The van der Waals surface area contributed by atoms with Gasteiger partial charge in [-0.25, -0.2) is 4.98 Å². The fraction of sp³-hybridized carbons (Fsp3) is 0.583. The summed E-state index contributed by atoms with van der Waals surface area (Å²) in [7, 11) is 0. The minimum Gasteiger partial charge on any atom is -0.396 e. The average molecular weight is 206 g/mol. The van der Waals surface area contributed by atoms with E-state index in [-0.39, 0.29) is 0 Å². The molecule has 3 heteroatoms. The summed E-state index contributed by atoms with van der Waals surface area (Å²) in [4.78, 5) is 6.65. The molecule has 0 radical (unpaired) electrons. The van der Waals surface area contributed by atoms with Gasteiger partial charge >= 0.3 is 0 Å². The van der Waals surface area contributed by atoms with E-state index in [2.05, 4.69) is 22.9 Å². The van der Waals surface area contributed by atoms with Crippen molar-refractivity contribution in [3.63, 3.8) is 0 Å². The molecular weight excluding hydrogens is 188 g/mol. The fourth-order valence-electron chi connectivity index (χ4n) is 2.12. The second-order valence-electron chi connectivity index (χ2n) is 4.33. The van der Waals surface area contributed by atoms with Crippen LogP contribution in [-0.4, -0.2) is 29.8 Å². The minimum atomic E-state index is 0.294. The second-order valence-corrected chi connectivity index (χ2v) is 4.33. The van der Waals surface area contributed by atoms with E-state index in [1.54, 1.807) is 0 Å². The van der Waals surface area contributed by atoms with Crippen molar-refractivity contribution in [2.45, 2.75) is 19.8 Å². The SMILES string of the molecule is Cc1ccnc(N2CCC[C@@H](CO)C2)c1. The quantitative estimate of drug-likeness (QED) is 0.798. The smallest absolute Gasteiger partial charge is 0.128 e. The molecule has 15 heavy (non-hydrogen) atoms. The summed E-state index contributed by atoms with van der Waals surface area (Å²) in [6.07, 6.45) is 4.15. The molecule has 2 heterocycles. The molecule has 2 rings (SSSR count). The maximum atomic E-state index is 9.16. The Bertz CT molecular complexity index is 327. The summed E-state index contributed by atoms with van der Waals surface area (Å²) in [5.74, 6) is 1.47. The highest BCUT2D eigenvalue weighted by molar-refractivity contribution is 5.41. The van der Waals surface area contributed by atoms with Gasteiger partial charge in [0, 0.05) is 25.9 Å². The van der Waals surface area contributed by atoms with E-state index in [1.165, 1.54) is 5.56 Å². The van der Waals surface area contributed by atoms with Crippen molar-refractivity contribution in [3.8, 4) is 0 Å². The van der Waals surface area contributed by atoms with Crippen molar-refractivity contribution < 1.29 is 5.11 Å². The molecule has 1 aromatic rings. The van der Waals surface area contributed by atoms with Gasteiger partial charge in [0.25, 0.3) is 0 Å². The molecule has 1 N–H and O–H groups in total. The number of aryl methyl sites for hydroxylation is 1. The van der Waals surface area contributed by atoms with Crippen LogP contribution in [0.5, 0.6) is 0 Å². The van der Waals surface area contributed by atoms with Gasteiger partial charge in [0.1, 0.15) is 5.82 Å².